The summed E-state index contributed by atoms with van der Waals surface area (Å²) in [6, 6.07) is 9.02. The minimum atomic E-state index is -0.203. The highest BCUT2D eigenvalue weighted by atomic mass is 32.2. The van der Waals surface area contributed by atoms with Crippen LogP contribution in [0.25, 0.3) is 10.2 Å². The lowest BCUT2D eigenvalue weighted by atomic mass is 10.3. The second kappa shape index (κ2) is 6.38. The van der Waals surface area contributed by atoms with E-state index < -0.39 is 0 Å². The molecule has 1 heterocycles. The van der Waals surface area contributed by atoms with E-state index in [2.05, 4.69) is 29.4 Å². The summed E-state index contributed by atoms with van der Waals surface area (Å²) < 4.78 is 2.08. The van der Waals surface area contributed by atoms with Crippen LogP contribution in [0.2, 0.25) is 0 Å². The van der Waals surface area contributed by atoms with E-state index >= 15 is 0 Å². The van der Waals surface area contributed by atoms with Gasteiger partial charge in [0.1, 0.15) is 12.1 Å². The molecule has 0 spiro atoms. The van der Waals surface area contributed by atoms with Crippen molar-refractivity contribution in [1.82, 2.24) is 4.98 Å². The Hall–Kier alpha value is -2.09. The minimum Gasteiger partial charge on any atom is -0.276 e. The Bertz CT molecular complexity index is 717. The Balaban J connectivity index is 2.24. The summed E-state index contributed by atoms with van der Waals surface area (Å²) in [6.07, 6.45) is 0. The Morgan fingerprint density at radius 1 is 1.40 bits per heavy atom. The zero-order valence-electron chi connectivity index (χ0n) is 10.9. The van der Waals surface area contributed by atoms with Crippen LogP contribution in [-0.2, 0) is 0 Å². The van der Waals surface area contributed by atoms with Crippen LogP contribution in [0.15, 0.2) is 27.6 Å². The lowest BCUT2D eigenvalue weighted by Gasteiger charge is -1.98. The first kappa shape index (κ1) is 14.3. The number of nitriles is 2. The molecule has 0 aliphatic heterocycles. The number of nitrogens with one attached hydrogen (secondary N) is 1. The molecule has 1 aromatic carbocycles. The molecular formula is C13H11N5S2. The number of aromatic nitrogens is 1. The monoisotopic (exact) mass is 301 g/mol. The van der Waals surface area contributed by atoms with Crippen molar-refractivity contribution < 1.29 is 0 Å². The normalized spacial score (nSPS) is 10.1. The topological polar surface area (TPSA) is 84.9 Å². The van der Waals surface area contributed by atoms with Gasteiger partial charge in [-0.05, 0) is 18.2 Å². The van der Waals surface area contributed by atoms with Crippen molar-refractivity contribution in [1.29, 1.82) is 10.5 Å². The second-order valence-corrected chi connectivity index (χ2v) is 6.98. The van der Waals surface area contributed by atoms with Gasteiger partial charge >= 0.3 is 0 Å². The lowest BCUT2D eigenvalue weighted by molar-refractivity contribution is 1.10. The minimum absolute atomic E-state index is 0.203. The van der Waals surface area contributed by atoms with Gasteiger partial charge < -0.3 is 0 Å². The highest BCUT2D eigenvalue weighted by Crippen LogP contribution is 2.33. The number of thiazole rings is 1. The predicted molar refractivity (Wildman–Crippen MR) is 82.9 cm³/mol. The van der Waals surface area contributed by atoms with Crippen LogP contribution in [0.4, 0.5) is 5.69 Å². The van der Waals surface area contributed by atoms with Gasteiger partial charge in [-0.3, -0.25) is 5.43 Å². The number of hydrazone groups is 1. The molecule has 0 unspecified atom stereocenters. The average Bonchev–Trinajstić information content (AvgIpc) is 2.80. The van der Waals surface area contributed by atoms with Crippen LogP contribution in [-0.4, -0.2) is 15.9 Å². The van der Waals surface area contributed by atoms with Gasteiger partial charge in [-0.15, -0.1) is 11.3 Å². The standard InChI is InChI=1S/C13H11N5S2/c1-8(2)19-13-16-11-4-3-9(5-12(11)20-13)17-18-10(6-14)7-15/h3-5,8,17H,1-2H3. The first-order valence-corrected chi connectivity index (χ1v) is 7.53. The highest BCUT2D eigenvalue weighted by molar-refractivity contribution is 8.01. The predicted octanol–water partition coefficient (Wildman–Crippen LogP) is 3.61. The molecule has 0 amide bonds. The molecule has 0 aliphatic carbocycles. The third-order valence-electron chi connectivity index (χ3n) is 2.21. The summed E-state index contributed by atoms with van der Waals surface area (Å²) in [5, 5.41) is 21.4. The van der Waals surface area contributed by atoms with Gasteiger partial charge in [0.15, 0.2) is 4.34 Å². The molecule has 2 aromatic rings. The molecule has 0 saturated heterocycles. The molecule has 20 heavy (non-hydrogen) atoms. The summed E-state index contributed by atoms with van der Waals surface area (Å²) in [7, 11) is 0. The van der Waals surface area contributed by atoms with Crippen molar-refractivity contribution in [3.8, 4) is 12.1 Å². The first-order chi connectivity index (χ1) is 9.62. The van der Waals surface area contributed by atoms with Gasteiger partial charge in [0.05, 0.1) is 15.9 Å². The van der Waals surface area contributed by atoms with Gasteiger partial charge in [0, 0.05) is 5.25 Å². The molecule has 0 bridgehead atoms. The Morgan fingerprint density at radius 3 is 2.80 bits per heavy atom. The molecule has 1 aromatic heterocycles. The van der Waals surface area contributed by atoms with E-state index in [9.17, 15) is 0 Å². The first-order valence-electron chi connectivity index (χ1n) is 5.83. The van der Waals surface area contributed by atoms with E-state index in [0.717, 1.165) is 20.2 Å². The maximum Gasteiger partial charge on any atom is 0.237 e. The van der Waals surface area contributed by atoms with Crippen molar-refractivity contribution in [3.05, 3.63) is 18.2 Å². The maximum atomic E-state index is 8.61. The molecule has 5 nitrogen and oxygen atoms in total. The summed E-state index contributed by atoms with van der Waals surface area (Å²) in [5.74, 6) is 0. The molecule has 1 N–H and O–H groups in total. The van der Waals surface area contributed by atoms with Crippen LogP contribution in [0.5, 0.6) is 0 Å². The van der Waals surface area contributed by atoms with E-state index in [1.165, 1.54) is 0 Å². The smallest absolute Gasteiger partial charge is 0.237 e. The summed E-state index contributed by atoms with van der Waals surface area (Å²) in [4.78, 5) is 4.53. The van der Waals surface area contributed by atoms with Crippen LogP contribution in [0.3, 0.4) is 0 Å². The van der Waals surface area contributed by atoms with E-state index in [-0.39, 0.29) is 5.71 Å². The van der Waals surface area contributed by atoms with E-state index in [0.29, 0.717) is 5.25 Å². The zero-order chi connectivity index (χ0) is 14.5. The Kier molecular flexibility index (Phi) is 4.57. The van der Waals surface area contributed by atoms with E-state index in [1.807, 2.05) is 18.2 Å². The molecule has 100 valence electrons. The van der Waals surface area contributed by atoms with E-state index in [1.54, 1.807) is 35.2 Å². The SMILES string of the molecule is CC(C)Sc1nc2ccc(NN=C(C#N)C#N)cc2s1. The molecule has 2 rings (SSSR count). The number of nitrogens with zero attached hydrogens (tertiary/aromatic N) is 4. The van der Waals surface area contributed by atoms with Crippen LogP contribution in [0.1, 0.15) is 13.8 Å². The van der Waals surface area contributed by atoms with Crippen LogP contribution in [0, 0.1) is 22.7 Å². The van der Waals surface area contributed by atoms with Crippen molar-refractivity contribution in [2.75, 3.05) is 5.43 Å². The van der Waals surface area contributed by atoms with Crippen molar-refractivity contribution in [2.45, 2.75) is 23.4 Å². The highest BCUT2D eigenvalue weighted by Gasteiger charge is 2.07. The van der Waals surface area contributed by atoms with Gasteiger partial charge in [-0.2, -0.15) is 15.6 Å². The molecule has 7 heteroatoms. The van der Waals surface area contributed by atoms with Gasteiger partial charge in [0.2, 0.25) is 5.71 Å². The Morgan fingerprint density at radius 2 is 2.15 bits per heavy atom. The third-order valence-corrected chi connectivity index (χ3v) is 4.33. The number of benzene rings is 1. The molecule has 0 aliphatic rings. The van der Waals surface area contributed by atoms with Gasteiger partial charge in [-0.25, -0.2) is 4.98 Å². The molecule has 0 radical (unpaired) electrons. The Labute approximate surface area is 124 Å². The van der Waals surface area contributed by atoms with Crippen molar-refractivity contribution >= 4 is 44.7 Å². The maximum absolute atomic E-state index is 8.61. The number of anilines is 1. The second-order valence-electron chi connectivity index (χ2n) is 4.12. The average molecular weight is 301 g/mol. The number of fused-ring (bicyclic) bond motifs is 1. The number of hydrogen-bond acceptors (Lipinski definition) is 7. The zero-order valence-corrected chi connectivity index (χ0v) is 12.5. The van der Waals surface area contributed by atoms with Crippen LogP contribution >= 0.6 is 23.1 Å². The fourth-order valence-corrected chi connectivity index (χ4v) is 3.75. The fourth-order valence-electron chi connectivity index (χ4n) is 1.42. The molecule has 0 fully saturated rings. The quantitative estimate of drug-likeness (QED) is 0.529. The largest absolute Gasteiger partial charge is 0.276 e. The fraction of sp³-hybridized carbons (Fsp3) is 0.231. The molecular weight excluding hydrogens is 290 g/mol. The lowest BCUT2D eigenvalue weighted by Crippen LogP contribution is -1.95. The third kappa shape index (κ3) is 3.47. The van der Waals surface area contributed by atoms with Crippen molar-refractivity contribution in [2.24, 2.45) is 5.10 Å². The molecule has 0 saturated carbocycles. The van der Waals surface area contributed by atoms with Gasteiger partial charge in [-0.1, -0.05) is 25.6 Å². The van der Waals surface area contributed by atoms with E-state index in [4.69, 9.17) is 10.5 Å². The number of hydrogen-bond donors (Lipinski definition) is 1. The summed E-state index contributed by atoms with van der Waals surface area (Å²) >= 11 is 3.35. The van der Waals surface area contributed by atoms with Crippen LogP contribution < -0.4 is 5.43 Å². The number of thioether (sulfide) groups is 1. The van der Waals surface area contributed by atoms with Crippen molar-refractivity contribution in [3.63, 3.8) is 0 Å². The molecule has 0 atom stereocenters. The summed E-state index contributed by atoms with van der Waals surface area (Å²) in [5.41, 5.74) is 4.17. The summed E-state index contributed by atoms with van der Waals surface area (Å²) in [6.45, 7) is 4.26. The number of rotatable bonds is 4. The van der Waals surface area contributed by atoms with Gasteiger partial charge in [0.25, 0.3) is 0 Å².